The molecular formula is C17H18N2O. The molecule has 0 fully saturated rings. The van der Waals surface area contributed by atoms with Gasteiger partial charge in [0, 0.05) is 23.1 Å². The summed E-state index contributed by atoms with van der Waals surface area (Å²) in [6.07, 6.45) is 1.15. The molecule has 0 saturated heterocycles. The van der Waals surface area contributed by atoms with E-state index in [9.17, 15) is 0 Å². The number of para-hydroxylation sites is 2. The van der Waals surface area contributed by atoms with E-state index in [0.717, 1.165) is 19.5 Å². The number of phenolic OH excluding ortho intramolecular Hbond substituents is 1. The van der Waals surface area contributed by atoms with Crippen molar-refractivity contribution in [2.45, 2.75) is 13.0 Å². The largest absolute Gasteiger partial charge is 0.508 e. The molecule has 1 aliphatic rings. The highest BCUT2D eigenvalue weighted by molar-refractivity contribution is 5.84. The van der Waals surface area contributed by atoms with Crippen molar-refractivity contribution in [3.8, 4) is 5.75 Å². The van der Waals surface area contributed by atoms with Gasteiger partial charge < -0.3 is 15.4 Å². The van der Waals surface area contributed by atoms with Crippen molar-refractivity contribution in [3.63, 3.8) is 0 Å². The number of nitrogens with one attached hydrogen (secondary N) is 2. The van der Waals surface area contributed by atoms with Crippen LogP contribution in [0.4, 0.5) is 0 Å². The van der Waals surface area contributed by atoms with E-state index in [1.165, 1.54) is 22.2 Å². The zero-order valence-electron chi connectivity index (χ0n) is 11.3. The van der Waals surface area contributed by atoms with Crippen molar-refractivity contribution in [3.05, 3.63) is 65.9 Å². The number of rotatable bonds is 0. The summed E-state index contributed by atoms with van der Waals surface area (Å²) in [5.41, 5.74) is 4.15. The number of aromatic nitrogens is 1. The molecule has 3 aromatic rings. The molecule has 1 aromatic heterocycles. The number of benzene rings is 2. The summed E-state index contributed by atoms with van der Waals surface area (Å²) in [5.74, 6) is 0.322. The summed E-state index contributed by atoms with van der Waals surface area (Å²) in [6, 6.07) is 17.3. The van der Waals surface area contributed by atoms with E-state index in [2.05, 4.69) is 34.6 Å². The first-order chi connectivity index (χ1) is 9.84. The van der Waals surface area contributed by atoms with Gasteiger partial charge in [-0.1, -0.05) is 36.4 Å². The lowest BCUT2D eigenvalue weighted by atomic mass is 10.1. The maximum absolute atomic E-state index is 8.63. The second-order valence-electron chi connectivity index (χ2n) is 4.89. The lowest BCUT2D eigenvalue weighted by Gasteiger charge is -2.12. The van der Waals surface area contributed by atoms with Gasteiger partial charge in [0.2, 0.25) is 0 Å². The van der Waals surface area contributed by atoms with Gasteiger partial charge in [0.15, 0.2) is 0 Å². The Kier molecular flexibility index (Phi) is 3.70. The summed E-state index contributed by atoms with van der Waals surface area (Å²) in [6.45, 7) is 2.10. The van der Waals surface area contributed by atoms with Gasteiger partial charge in [-0.2, -0.15) is 0 Å². The van der Waals surface area contributed by atoms with Crippen LogP contribution < -0.4 is 5.32 Å². The first-order valence-electron chi connectivity index (χ1n) is 6.88. The van der Waals surface area contributed by atoms with Crippen molar-refractivity contribution in [1.29, 1.82) is 0 Å². The molecule has 0 bridgehead atoms. The number of fused-ring (bicyclic) bond motifs is 3. The number of phenols is 1. The molecule has 102 valence electrons. The van der Waals surface area contributed by atoms with Crippen molar-refractivity contribution >= 4 is 10.9 Å². The van der Waals surface area contributed by atoms with Gasteiger partial charge in [0.1, 0.15) is 5.75 Å². The summed E-state index contributed by atoms with van der Waals surface area (Å²) < 4.78 is 0. The van der Waals surface area contributed by atoms with E-state index in [4.69, 9.17) is 5.11 Å². The maximum Gasteiger partial charge on any atom is 0.115 e. The van der Waals surface area contributed by atoms with Crippen LogP contribution in [-0.2, 0) is 13.0 Å². The van der Waals surface area contributed by atoms with Crippen LogP contribution in [0.5, 0.6) is 5.75 Å². The molecule has 1 aliphatic heterocycles. The molecule has 0 amide bonds. The Balaban J connectivity index is 0.000000147. The highest BCUT2D eigenvalue weighted by Crippen LogP contribution is 2.24. The smallest absolute Gasteiger partial charge is 0.115 e. The Morgan fingerprint density at radius 3 is 2.40 bits per heavy atom. The molecule has 0 unspecified atom stereocenters. The Bertz CT molecular complexity index is 689. The minimum Gasteiger partial charge on any atom is -0.508 e. The van der Waals surface area contributed by atoms with Crippen molar-refractivity contribution < 1.29 is 5.11 Å². The Morgan fingerprint density at radius 2 is 1.65 bits per heavy atom. The topological polar surface area (TPSA) is 48.0 Å². The molecular weight excluding hydrogens is 248 g/mol. The third kappa shape index (κ3) is 2.68. The number of H-pyrrole nitrogens is 1. The van der Waals surface area contributed by atoms with E-state index in [0.29, 0.717) is 5.75 Å². The number of hydrogen-bond acceptors (Lipinski definition) is 2. The molecule has 0 atom stereocenters. The predicted octanol–water partition coefficient (Wildman–Crippen LogP) is 3.21. The fourth-order valence-electron chi connectivity index (χ4n) is 2.55. The lowest BCUT2D eigenvalue weighted by Crippen LogP contribution is -2.22. The van der Waals surface area contributed by atoms with E-state index in [1.807, 2.05) is 6.07 Å². The summed E-state index contributed by atoms with van der Waals surface area (Å²) >= 11 is 0. The fourth-order valence-corrected chi connectivity index (χ4v) is 2.55. The average molecular weight is 266 g/mol. The molecule has 0 aliphatic carbocycles. The van der Waals surface area contributed by atoms with Crippen LogP contribution in [0.25, 0.3) is 10.9 Å². The number of hydrogen-bond donors (Lipinski definition) is 3. The van der Waals surface area contributed by atoms with Gasteiger partial charge >= 0.3 is 0 Å². The SMILES string of the molecule is Oc1ccccc1.c1ccc2c3c([nH]c2c1)CNCC3. The summed E-state index contributed by atoms with van der Waals surface area (Å²) in [5, 5.41) is 13.4. The van der Waals surface area contributed by atoms with Gasteiger partial charge in [0.25, 0.3) is 0 Å². The predicted molar refractivity (Wildman–Crippen MR) is 81.8 cm³/mol. The van der Waals surface area contributed by atoms with Gasteiger partial charge in [-0.3, -0.25) is 0 Å². The Morgan fingerprint density at radius 1 is 0.900 bits per heavy atom. The third-order valence-electron chi connectivity index (χ3n) is 3.51. The van der Waals surface area contributed by atoms with Crippen molar-refractivity contribution in [2.24, 2.45) is 0 Å². The molecule has 3 nitrogen and oxygen atoms in total. The zero-order chi connectivity index (χ0) is 13.8. The van der Waals surface area contributed by atoms with E-state index < -0.39 is 0 Å². The van der Waals surface area contributed by atoms with Crippen molar-refractivity contribution in [1.82, 2.24) is 10.3 Å². The highest BCUT2D eigenvalue weighted by atomic mass is 16.3. The minimum absolute atomic E-state index is 0.322. The molecule has 3 N–H and O–H groups in total. The fraction of sp³-hybridized carbons (Fsp3) is 0.176. The van der Waals surface area contributed by atoms with Gasteiger partial charge in [-0.25, -0.2) is 0 Å². The zero-order valence-corrected chi connectivity index (χ0v) is 11.3. The van der Waals surface area contributed by atoms with E-state index >= 15 is 0 Å². The molecule has 2 aromatic carbocycles. The lowest BCUT2D eigenvalue weighted by molar-refractivity contribution is 0.475. The van der Waals surface area contributed by atoms with Crippen LogP contribution in [0.3, 0.4) is 0 Å². The Labute approximate surface area is 118 Å². The Hall–Kier alpha value is -2.26. The quantitative estimate of drug-likeness (QED) is 0.585. The van der Waals surface area contributed by atoms with Crippen LogP contribution >= 0.6 is 0 Å². The van der Waals surface area contributed by atoms with Crippen LogP contribution in [0.2, 0.25) is 0 Å². The van der Waals surface area contributed by atoms with Gasteiger partial charge in [-0.15, -0.1) is 0 Å². The molecule has 4 rings (SSSR count). The maximum atomic E-state index is 8.63. The monoisotopic (exact) mass is 266 g/mol. The second-order valence-corrected chi connectivity index (χ2v) is 4.89. The van der Waals surface area contributed by atoms with Crippen molar-refractivity contribution in [2.75, 3.05) is 6.54 Å². The first-order valence-corrected chi connectivity index (χ1v) is 6.88. The highest BCUT2D eigenvalue weighted by Gasteiger charge is 2.13. The van der Waals surface area contributed by atoms with E-state index in [-0.39, 0.29) is 0 Å². The summed E-state index contributed by atoms with van der Waals surface area (Å²) in [4.78, 5) is 3.45. The molecule has 0 saturated carbocycles. The van der Waals surface area contributed by atoms with Crippen LogP contribution in [0.1, 0.15) is 11.3 Å². The standard InChI is InChI=1S/C11H12N2.C6H6O/c1-2-4-10-8(3-1)9-5-6-12-7-11(9)13-10;7-6-4-2-1-3-5-6/h1-4,12-13H,5-7H2;1-5,7H. The van der Waals surface area contributed by atoms with Crippen LogP contribution in [0.15, 0.2) is 54.6 Å². The average Bonchev–Trinajstić information content (AvgIpc) is 2.87. The number of aromatic amines is 1. The molecule has 3 heteroatoms. The summed E-state index contributed by atoms with van der Waals surface area (Å²) in [7, 11) is 0. The van der Waals surface area contributed by atoms with Crippen LogP contribution in [-0.4, -0.2) is 16.6 Å². The van der Waals surface area contributed by atoms with Gasteiger partial charge in [-0.05, 0) is 36.7 Å². The number of aromatic hydroxyl groups is 1. The third-order valence-corrected chi connectivity index (χ3v) is 3.51. The normalized spacial score (nSPS) is 13.4. The first kappa shape index (κ1) is 12.8. The molecule has 2 heterocycles. The molecule has 20 heavy (non-hydrogen) atoms. The molecule has 0 radical (unpaired) electrons. The molecule has 0 spiro atoms. The second kappa shape index (κ2) is 5.80. The van der Waals surface area contributed by atoms with Crippen LogP contribution in [0, 0.1) is 0 Å². The minimum atomic E-state index is 0.322. The van der Waals surface area contributed by atoms with Gasteiger partial charge in [0.05, 0.1) is 0 Å². The van der Waals surface area contributed by atoms with E-state index in [1.54, 1.807) is 24.3 Å².